The van der Waals surface area contributed by atoms with Gasteiger partial charge in [-0.1, -0.05) is 59.9 Å². The molecule has 0 radical (unpaired) electrons. The molecule has 0 saturated heterocycles. The Morgan fingerprint density at radius 2 is 1.76 bits per heavy atom. The van der Waals surface area contributed by atoms with Crippen LogP contribution in [0.25, 0.3) is 16.6 Å². The lowest BCUT2D eigenvalue weighted by Crippen LogP contribution is -2.13. The first-order chi connectivity index (χ1) is 18.1. The number of anilines is 1. The number of amides is 1. The van der Waals surface area contributed by atoms with Crippen LogP contribution in [0.5, 0.6) is 17.2 Å². The number of rotatable bonds is 10. The van der Waals surface area contributed by atoms with Crippen LogP contribution in [0.4, 0.5) is 5.13 Å². The van der Waals surface area contributed by atoms with Crippen LogP contribution in [0.1, 0.15) is 11.1 Å². The normalized spacial score (nSPS) is 10.9. The number of hydrogen-bond donors (Lipinski definition) is 1. The Labute approximate surface area is 218 Å². The molecular formula is C28H24N4O4S. The number of nitrogens with zero attached hydrogens (tertiary/aromatic N) is 3. The fourth-order valence-electron chi connectivity index (χ4n) is 3.40. The summed E-state index contributed by atoms with van der Waals surface area (Å²) in [5.41, 5.74) is 2.52. The molecule has 0 fully saturated rings. The highest BCUT2D eigenvalue weighted by molar-refractivity contribution is 7.18. The summed E-state index contributed by atoms with van der Waals surface area (Å²) in [4.78, 5) is 12.7. The van der Waals surface area contributed by atoms with Crippen molar-refractivity contribution >= 4 is 28.5 Å². The topological polar surface area (TPSA) is 106 Å². The van der Waals surface area contributed by atoms with Crippen molar-refractivity contribution in [2.24, 2.45) is 0 Å². The molecule has 0 saturated carbocycles. The van der Waals surface area contributed by atoms with E-state index in [1.165, 1.54) is 24.5 Å². The first kappa shape index (κ1) is 25.4. The number of benzene rings is 3. The van der Waals surface area contributed by atoms with Crippen LogP contribution in [0.15, 0.2) is 78.4 Å². The van der Waals surface area contributed by atoms with Gasteiger partial charge in [-0.15, -0.1) is 10.2 Å². The summed E-state index contributed by atoms with van der Waals surface area (Å²) in [6, 6.07) is 24.4. The number of aromatic nitrogens is 2. The largest absolute Gasteiger partial charge is 0.493 e. The number of hydrogen-bond acceptors (Lipinski definition) is 8. The predicted molar refractivity (Wildman–Crippen MR) is 143 cm³/mol. The fraction of sp³-hybridized carbons (Fsp3) is 0.143. The van der Waals surface area contributed by atoms with Gasteiger partial charge in [-0.05, 0) is 48.4 Å². The summed E-state index contributed by atoms with van der Waals surface area (Å²) in [6.07, 6.45) is 1.48. The molecule has 0 unspecified atom stereocenters. The van der Waals surface area contributed by atoms with Gasteiger partial charge in [0.1, 0.15) is 35.6 Å². The van der Waals surface area contributed by atoms with Crippen LogP contribution < -0.4 is 19.5 Å². The number of carbonyl (C=O) groups excluding carboxylic acids is 1. The Morgan fingerprint density at radius 3 is 2.51 bits per heavy atom. The molecule has 1 heterocycles. The monoisotopic (exact) mass is 512 g/mol. The zero-order valence-corrected chi connectivity index (χ0v) is 21.1. The summed E-state index contributed by atoms with van der Waals surface area (Å²) < 4.78 is 16.8. The summed E-state index contributed by atoms with van der Waals surface area (Å²) in [5, 5.41) is 21.4. The molecule has 1 amide bonds. The van der Waals surface area contributed by atoms with Crippen LogP contribution >= 0.6 is 11.3 Å². The number of nitriles is 1. The van der Waals surface area contributed by atoms with Gasteiger partial charge < -0.3 is 14.2 Å². The second-order valence-corrected chi connectivity index (χ2v) is 8.75. The maximum atomic E-state index is 12.7. The summed E-state index contributed by atoms with van der Waals surface area (Å²) >= 11 is 1.24. The van der Waals surface area contributed by atoms with Gasteiger partial charge in [0, 0.05) is 5.56 Å². The lowest BCUT2D eigenvalue weighted by atomic mass is 10.1. The van der Waals surface area contributed by atoms with Crippen molar-refractivity contribution in [2.45, 2.75) is 6.92 Å². The first-order valence-corrected chi connectivity index (χ1v) is 12.2. The second-order valence-electron chi connectivity index (χ2n) is 7.77. The van der Waals surface area contributed by atoms with E-state index in [2.05, 4.69) is 15.5 Å². The van der Waals surface area contributed by atoms with Gasteiger partial charge in [-0.25, -0.2) is 0 Å². The van der Waals surface area contributed by atoms with E-state index in [0.29, 0.717) is 40.4 Å². The number of carbonyl (C=O) groups is 1. The minimum Gasteiger partial charge on any atom is -0.493 e. The van der Waals surface area contributed by atoms with Gasteiger partial charge in [0.25, 0.3) is 5.91 Å². The van der Waals surface area contributed by atoms with E-state index in [1.807, 2.05) is 67.6 Å². The van der Waals surface area contributed by atoms with Gasteiger partial charge in [0.15, 0.2) is 11.5 Å². The van der Waals surface area contributed by atoms with Crippen LogP contribution in [-0.4, -0.2) is 36.4 Å². The standard InChI is InChI=1S/C28H24N4O4S/c1-19-8-6-7-11-23(19)27-31-32-28(37-27)30-26(33)21(18-29)16-20-12-13-24(25(17-20)34-2)36-15-14-35-22-9-4-3-5-10-22/h3-13,16-17H,14-15H2,1-2H3,(H,30,32,33). The third-order valence-corrected chi connectivity index (χ3v) is 6.11. The molecule has 0 aliphatic heterocycles. The van der Waals surface area contributed by atoms with Crippen molar-refractivity contribution in [3.63, 3.8) is 0 Å². The van der Waals surface area contributed by atoms with Gasteiger partial charge in [-0.2, -0.15) is 5.26 Å². The molecule has 186 valence electrons. The van der Waals surface area contributed by atoms with Crippen LogP contribution in [0, 0.1) is 18.3 Å². The number of methoxy groups -OCH3 is 1. The Bertz CT molecular complexity index is 1440. The molecule has 8 nitrogen and oxygen atoms in total. The van der Waals surface area contributed by atoms with E-state index >= 15 is 0 Å². The van der Waals surface area contributed by atoms with Crippen LogP contribution in [0.3, 0.4) is 0 Å². The Hall–Kier alpha value is -4.68. The van der Waals surface area contributed by atoms with E-state index in [9.17, 15) is 10.1 Å². The smallest absolute Gasteiger partial charge is 0.268 e. The summed E-state index contributed by atoms with van der Waals surface area (Å²) in [5.74, 6) is 1.18. The molecule has 4 rings (SSSR count). The van der Waals surface area contributed by atoms with Gasteiger partial charge in [0.05, 0.1) is 7.11 Å². The minimum atomic E-state index is -0.577. The number of ether oxygens (including phenoxy) is 3. The van der Waals surface area contributed by atoms with Crippen molar-refractivity contribution in [2.75, 3.05) is 25.6 Å². The fourth-order valence-corrected chi connectivity index (χ4v) is 4.23. The Balaban J connectivity index is 1.40. The maximum absolute atomic E-state index is 12.7. The Kier molecular flexibility index (Phi) is 8.47. The van der Waals surface area contributed by atoms with Crippen molar-refractivity contribution in [3.05, 3.63) is 89.5 Å². The molecule has 0 bridgehead atoms. The van der Waals surface area contributed by atoms with Gasteiger partial charge >= 0.3 is 0 Å². The highest BCUT2D eigenvalue weighted by Gasteiger charge is 2.15. The Morgan fingerprint density at radius 1 is 1.00 bits per heavy atom. The molecule has 1 aromatic heterocycles. The first-order valence-electron chi connectivity index (χ1n) is 11.4. The van der Waals surface area contributed by atoms with Gasteiger partial charge in [-0.3, -0.25) is 10.1 Å². The SMILES string of the molecule is COc1cc(C=C(C#N)C(=O)Nc2nnc(-c3ccccc3C)s2)ccc1OCCOc1ccccc1. The third-order valence-electron chi connectivity index (χ3n) is 5.24. The van der Waals surface area contributed by atoms with Crippen molar-refractivity contribution < 1.29 is 19.0 Å². The molecular weight excluding hydrogens is 488 g/mol. The predicted octanol–water partition coefficient (Wildman–Crippen LogP) is 5.53. The lowest BCUT2D eigenvalue weighted by Gasteiger charge is -2.12. The minimum absolute atomic E-state index is 0.0837. The van der Waals surface area contributed by atoms with Crippen molar-refractivity contribution in [1.82, 2.24) is 10.2 Å². The number of nitrogens with one attached hydrogen (secondary N) is 1. The molecule has 0 aliphatic carbocycles. The van der Waals surface area contributed by atoms with E-state index in [4.69, 9.17) is 14.2 Å². The van der Waals surface area contributed by atoms with E-state index in [-0.39, 0.29) is 5.57 Å². The summed E-state index contributed by atoms with van der Waals surface area (Å²) in [7, 11) is 1.52. The van der Waals surface area contributed by atoms with E-state index in [0.717, 1.165) is 16.9 Å². The molecule has 1 N–H and O–H groups in total. The maximum Gasteiger partial charge on any atom is 0.268 e. The van der Waals surface area contributed by atoms with Crippen LogP contribution in [-0.2, 0) is 4.79 Å². The number of aryl methyl sites for hydroxylation is 1. The highest BCUT2D eigenvalue weighted by atomic mass is 32.1. The average Bonchev–Trinajstić information content (AvgIpc) is 3.39. The quantitative estimate of drug-likeness (QED) is 0.169. The molecule has 0 aliphatic rings. The van der Waals surface area contributed by atoms with Gasteiger partial charge in [0.2, 0.25) is 5.13 Å². The zero-order chi connectivity index (χ0) is 26.0. The molecule has 3 aromatic carbocycles. The van der Waals surface area contributed by atoms with Crippen molar-refractivity contribution in [1.29, 1.82) is 5.26 Å². The lowest BCUT2D eigenvalue weighted by molar-refractivity contribution is -0.112. The van der Waals surface area contributed by atoms with E-state index in [1.54, 1.807) is 18.2 Å². The molecule has 0 spiro atoms. The molecule has 4 aromatic rings. The van der Waals surface area contributed by atoms with Crippen molar-refractivity contribution in [3.8, 4) is 33.9 Å². The number of para-hydroxylation sites is 1. The highest BCUT2D eigenvalue weighted by Crippen LogP contribution is 2.30. The molecule has 9 heteroatoms. The second kappa shape index (κ2) is 12.3. The van der Waals surface area contributed by atoms with Crippen LogP contribution in [0.2, 0.25) is 0 Å². The summed E-state index contributed by atoms with van der Waals surface area (Å²) in [6.45, 7) is 2.66. The molecule has 37 heavy (non-hydrogen) atoms. The zero-order valence-electron chi connectivity index (χ0n) is 20.3. The third kappa shape index (κ3) is 6.72. The van der Waals surface area contributed by atoms with E-state index < -0.39 is 5.91 Å². The average molecular weight is 513 g/mol. The molecule has 0 atom stereocenters.